The van der Waals surface area contributed by atoms with Gasteiger partial charge in [-0.2, -0.15) is 5.26 Å². The molecule has 1 amide bonds. The number of nitrogens with zero attached hydrogens (tertiary/aromatic N) is 3. The number of hydrogen-bond donors (Lipinski definition) is 0. The van der Waals surface area contributed by atoms with E-state index in [0.717, 1.165) is 4.47 Å². The van der Waals surface area contributed by atoms with Gasteiger partial charge in [-0.25, -0.2) is 0 Å². The highest BCUT2D eigenvalue weighted by atomic mass is 79.9. The van der Waals surface area contributed by atoms with Gasteiger partial charge in [0, 0.05) is 9.75 Å². The summed E-state index contributed by atoms with van der Waals surface area (Å²) in [7, 11) is 0. The van der Waals surface area contributed by atoms with Gasteiger partial charge in [-0.1, -0.05) is 33.2 Å². The van der Waals surface area contributed by atoms with Crippen LogP contribution in [-0.4, -0.2) is 18.8 Å². The number of halogens is 1. The van der Waals surface area contributed by atoms with Crippen molar-refractivity contribution in [3.63, 3.8) is 0 Å². The Bertz CT molecular complexity index is 493. The fourth-order valence-electron chi connectivity index (χ4n) is 1.12. The first-order valence-electron chi connectivity index (χ1n) is 4.84. The zero-order valence-electron chi connectivity index (χ0n) is 9.12. The molecule has 0 aromatic heterocycles. The maximum atomic E-state index is 11.6. The molecule has 0 aliphatic carbocycles. The van der Waals surface area contributed by atoms with Crippen LogP contribution in [-0.2, 0) is 14.4 Å². The second-order valence-electron chi connectivity index (χ2n) is 3.10. The zero-order chi connectivity index (χ0) is 13.4. The highest BCUT2D eigenvalue weighted by Gasteiger charge is 2.20. The summed E-state index contributed by atoms with van der Waals surface area (Å²) in [4.78, 5) is 25.8. The third-order valence-corrected chi connectivity index (χ3v) is 2.45. The van der Waals surface area contributed by atoms with Crippen LogP contribution in [0.2, 0.25) is 0 Å². The summed E-state index contributed by atoms with van der Waals surface area (Å²) in [5.41, 5.74) is 0.514. The van der Waals surface area contributed by atoms with E-state index in [9.17, 15) is 9.59 Å². The van der Waals surface area contributed by atoms with Crippen LogP contribution in [0, 0.1) is 11.3 Å². The minimum absolute atomic E-state index is 0.285. The van der Waals surface area contributed by atoms with Crippen molar-refractivity contribution >= 4 is 28.1 Å². The Labute approximate surface area is 111 Å². The number of carbonyl (C=O) groups excluding carboxylic acids is 2. The Kier molecular flexibility index (Phi) is 5.67. The van der Waals surface area contributed by atoms with Gasteiger partial charge < -0.3 is 4.84 Å². The predicted octanol–water partition coefficient (Wildman–Crippen LogP) is 2.17. The summed E-state index contributed by atoms with van der Waals surface area (Å²) in [5.74, 6) is -1.78. The summed E-state index contributed by atoms with van der Waals surface area (Å²) in [6.45, 7) is -0.285. The molecule has 0 spiro atoms. The van der Waals surface area contributed by atoms with Crippen molar-refractivity contribution in [2.24, 2.45) is 10.4 Å². The molecule has 0 N–H and O–H groups in total. The number of hydrogen-bond acceptors (Lipinski definition) is 5. The molecule has 6 nitrogen and oxygen atoms in total. The highest BCUT2D eigenvalue weighted by molar-refractivity contribution is 9.10. The molecular weight excluding hydrogens is 302 g/mol. The Morgan fingerprint density at radius 1 is 1.50 bits per heavy atom. The summed E-state index contributed by atoms with van der Waals surface area (Å²) in [6.07, 6.45) is 0.472. The fourth-order valence-corrected chi connectivity index (χ4v) is 1.38. The van der Waals surface area contributed by atoms with E-state index in [1.165, 1.54) is 0 Å². The molecule has 0 aliphatic rings. The van der Waals surface area contributed by atoms with Crippen LogP contribution in [0.4, 0.5) is 0 Å². The normalized spacial score (nSPS) is 11.8. The second-order valence-corrected chi connectivity index (χ2v) is 4.01. The van der Waals surface area contributed by atoms with Crippen molar-refractivity contribution in [2.45, 2.75) is 5.92 Å². The molecule has 0 saturated carbocycles. The van der Waals surface area contributed by atoms with Gasteiger partial charge in [0.05, 0.1) is 6.07 Å². The standard InChI is InChI=1S/C11H8BrN3O3/c12-9-3-1-8(2-4-9)10(7-13)11(17)14-15-18-6-5-16/h1-5,10H,6H2. The van der Waals surface area contributed by atoms with Crippen LogP contribution in [0.25, 0.3) is 0 Å². The van der Waals surface area contributed by atoms with Gasteiger partial charge in [0.2, 0.25) is 0 Å². The van der Waals surface area contributed by atoms with Crippen molar-refractivity contribution in [1.82, 2.24) is 0 Å². The molecule has 7 heteroatoms. The van der Waals surface area contributed by atoms with Gasteiger partial charge in [-0.15, -0.1) is 0 Å². The smallest absolute Gasteiger partial charge is 0.289 e. The molecule has 18 heavy (non-hydrogen) atoms. The van der Waals surface area contributed by atoms with E-state index in [4.69, 9.17) is 5.26 Å². The van der Waals surface area contributed by atoms with Gasteiger partial charge in [0.15, 0.2) is 18.8 Å². The van der Waals surface area contributed by atoms with E-state index < -0.39 is 11.8 Å². The Morgan fingerprint density at radius 2 is 2.17 bits per heavy atom. The summed E-state index contributed by atoms with van der Waals surface area (Å²) >= 11 is 3.25. The van der Waals surface area contributed by atoms with Gasteiger partial charge in [-0.05, 0) is 17.7 Å². The summed E-state index contributed by atoms with van der Waals surface area (Å²) in [5, 5.41) is 15.2. The largest absolute Gasteiger partial charge is 0.372 e. The monoisotopic (exact) mass is 309 g/mol. The maximum Gasteiger partial charge on any atom is 0.289 e. The molecule has 0 fully saturated rings. The quantitative estimate of drug-likeness (QED) is 0.360. The van der Waals surface area contributed by atoms with Gasteiger partial charge >= 0.3 is 0 Å². The Morgan fingerprint density at radius 3 is 2.72 bits per heavy atom. The molecule has 0 heterocycles. The SMILES string of the molecule is N#CC(C(=O)N=NOCC=O)c1ccc(Br)cc1. The molecule has 0 aliphatic heterocycles. The minimum Gasteiger partial charge on any atom is -0.372 e. The third-order valence-electron chi connectivity index (χ3n) is 1.92. The molecular formula is C11H8BrN3O3. The van der Waals surface area contributed by atoms with Crippen LogP contribution in [0.1, 0.15) is 11.5 Å². The van der Waals surface area contributed by atoms with Crippen molar-refractivity contribution in [3.8, 4) is 6.07 Å². The molecule has 0 bridgehead atoms. The number of aldehydes is 1. The van der Waals surface area contributed by atoms with E-state index >= 15 is 0 Å². The average Bonchev–Trinajstić information content (AvgIpc) is 2.38. The Balaban J connectivity index is 2.75. The molecule has 0 radical (unpaired) electrons. The Hall–Kier alpha value is -2.07. The first kappa shape index (κ1) is 14.0. The minimum atomic E-state index is -1.04. The molecule has 1 aromatic rings. The van der Waals surface area contributed by atoms with Crippen LogP contribution < -0.4 is 0 Å². The van der Waals surface area contributed by atoms with Crippen LogP contribution in [0.5, 0.6) is 0 Å². The lowest BCUT2D eigenvalue weighted by Gasteiger charge is -2.03. The lowest BCUT2D eigenvalue weighted by Crippen LogP contribution is -2.07. The fraction of sp³-hybridized carbons (Fsp3) is 0.182. The first-order chi connectivity index (χ1) is 8.69. The van der Waals surface area contributed by atoms with Crippen LogP contribution >= 0.6 is 15.9 Å². The van der Waals surface area contributed by atoms with Crippen molar-refractivity contribution in [3.05, 3.63) is 34.3 Å². The molecule has 1 unspecified atom stereocenters. The summed E-state index contributed by atoms with van der Waals surface area (Å²) in [6, 6.07) is 8.54. The molecule has 92 valence electrons. The van der Waals surface area contributed by atoms with Crippen molar-refractivity contribution in [1.29, 1.82) is 5.26 Å². The number of carbonyl (C=O) groups is 2. The molecule has 1 atom stereocenters. The molecule has 0 saturated heterocycles. The van der Waals surface area contributed by atoms with E-state index in [1.807, 2.05) is 6.07 Å². The number of rotatable bonds is 5. The van der Waals surface area contributed by atoms with Crippen LogP contribution in [0.3, 0.4) is 0 Å². The number of amides is 1. The van der Waals surface area contributed by atoms with Gasteiger partial charge in [0.25, 0.3) is 5.91 Å². The zero-order valence-corrected chi connectivity index (χ0v) is 10.7. The third kappa shape index (κ3) is 4.07. The van der Waals surface area contributed by atoms with Gasteiger partial charge in [0.1, 0.15) is 0 Å². The lowest BCUT2D eigenvalue weighted by molar-refractivity contribution is -0.120. The number of nitriles is 1. The number of benzene rings is 1. The van der Waals surface area contributed by atoms with Crippen LogP contribution in [0.15, 0.2) is 39.1 Å². The lowest BCUT2D eigenvalue weighted by atomic mass is 10.0. The second kappa shape index (κ2) is 7.29. The average molecular weight is 310 g/mol. The van der Waals surface area contributed by atoms with E-state index in [1.54, 1.807) is 24.3 Å². The topological polar surface area (TPSA) is 91.9 Å². The molecule has 1 rings (SSSR count). The van der Waals surface area contributed by atoms with Crippen molar-refractivity contribution in [2.75, 3.05) is 6.61 Å². The van der Waals surface area contributed by atoms with Crippen molar-refractivity contribution < 1.29 is 14.4 Å². The highest BCUT2D eigenvalue weighted by Crippen LogP contribution is 2.19. The van der Waals surface area contributed by atoms with Gasteiger partial charge in [-0.3, -0.25) is 9.59 Å². The maximum absolute atomic E-state index is 11.6. The van der Waals surface area contributed by atoms with E-state index in [-0.39, 0.29) is 6.61 Å². The van der Waals surface area contributed by atoms with E-state index in [0.29, 0.717) is 11.8 Å². The first-order valence-corrected chi connectivity index (χ1v) is 5.64. The summed E-state index contributed by atoms with van der Waals surface area (Å²) < 4.78 is 0.839. The predicted molar refractivity (Wildman–Crippen MR) is 64.4 cm³/mol. The van der Waals surface area contributed by atoms with E-state index in [2.05, 4.69) is 31.2 Å². The molecule has 1 aromatic carbocycles.